The van der Waals surface area contributed by atoms with Crippen molar-refractivity contribution in [2.75, 3.05) is 38.4 Å². The zero-order valence-corrected chi connectivity index (χ0v) is 16.2. The lowest BCUT2D eigenvalue weighted by atomic mass is 10.3. The molecule has 0 atom stereocenters. The Morgan fingerprint density at radius 3 is 2.62 bits per heavy atom. The van der Waals surface area contributed by atoms with Crippen molar-refractivity contribution in [2.45, 2.75) is 11.4 Å². The number of ether oxygens (including phenoxy) is 3. The van der Waals surface area contributed by atoms with E-state index in [1.54, 1.807) is 18.2 Å². The van der Waals surface area contributed by atoms with E-state index < -0.39 is 21.5 Å². The average Bonchev–Trinajstić information content (AvgIpc) is 3.18. The largest absolute Gasteiger partial charge is 0.454 e. The van der Waals surface area contributed by atoms with Crippen LogP contribution in [0.3, 0.4) is 0 Å². The van der Waals surface area contributed by atoms with Gasteiger partial charge in [-0.25, -0.2) is 8.42 Å². The Balaban J connectivity index is 1.50. The van der Waals surface area contributed by atoms with Crippen LogP contribution < -0.4 is 20.3 Å². The molecule has 1 amide bonds. The van der Waals surface area contributed by atoms with Crippen molar-refractivity contribution >= 4 is 21.6 Å². The number of carbonyl (C=O) groups is 1. The third kappa shape index (κ3) is 4.11. The summed E-state index contributed by atoms with van der Waals surface area (Å²) < 4.78 is 43.5. The standard InChI is InChI=1S/C18H19N3O7S/c22-17(19-13-1-3-15-16(9-13)28-12-27-15)11-20-10-14(2-4-18(20)23)29(24,25)21-5-7-26-8-6-21/h1-4,9-10H,5-8,11-12H2,(H,19,22). The number of rotatable bonds is 5. The molecular weight excluding hydrogens is 402 g/mol. The number of benzene rings is 1. The number of morpholine rings is 1. The Kier molecular flexibility index (Phi) is 5.26. The molecule has 29 heavy (non-hydrogen) atoms. The molecule has 10 nitrogen and oxygen atoms in total. The minimum atomic E-state index is -3.77. The molecule has 2 aliphatic rings. The fourth-order valence-corrected chi connectivity index (χ4v) is 4.48. The fraction of sp³-hybridized carbons (Fsp3) is 0.333. The molecule has 11 heteroatoms. The van der Waals surface area contributed by atoms with Gasteiger partial charge in [0.25, 0.3) is 5.56 Å². The van der Waals surface area contributed by atoms with Gasteiger partial charge in [-0.1, -0.05) is 0 Å². The summed E-state index contributed by atoms with van der Waals surface area (Å²) in [6.45, 7) is 0.901. The van der Waals surface area contributed by atoms with Crippen molar-refractivity contribution in [3.8, 4) is 11.5 Å². The zero-order chi connectivity index (χ0) is 20.4. The van der Waals surface area contributed by atoms with Crippen LogP contribution in [-0.2, 0) is 26.1 Å². The van der Waals surface area contributed by atoms with Gasteiger partial charge in [0.05, 0.1) is 18.1 Å². The van der Waals surface area contributed by atoms with Crippen molar-refractivity contribution < 1.29 is 27.4 Å². The van der Waals surface area contributed by atoms with E-state index in [0.717, 1.165) is 10.6 Å². The summed E-state index contributed by atoms with van der Waals surface area (Å²) in [6.07, 6.45) is 1.19. The molecule has 4 rings (SSSR count). The molecule has 1 N–H and O–H groups in total. The van der Waals surface area contributed by atoms with Gasteiger partial charge in [-0.05, 0) is 18.2 Å². The number of hydrogen-bond donors (Lipinski definition) is 1. The van der Waals surface area contributed by atoms with Crippen molar-refractivity contribution in [2.24, 2.45) is 0 Å². The van der Waals surface area contributed by atoms with E-state index in [0.29, 0.717) is 30.4 Å². The summed E-state index contributed by atoms with van der Waals surface area (Å²) in [5, 5.41) is 2.66. The van der Waals surface area contributed by atoms with E-state index in [1.807, 2.05) is 0 Å². The second kappa shape index (κ2) is 7.85. The van der Waals surface area contributed by atoms with E-state index in [1.165, 1.54) is 16.6 Å². The molecule has 2 aliphatic heterocycles. The summed E-state index contributed by atoms with van der Waals surface area (Å²) in [4.78, 5) is 24.5. The molecule has 1 fully saturated rings. The number of nitrogens with one attached hydrogen (secondary N) is 1. The van der Waals surface area contributed by atoms with Crippen LogP contribution in [0.5, 0.6) is 11.5 Å². The average molecular weight is 421 g/mol. The molecule has 0 aliphatic carbocycles. The number of amides is 1. The predicted molar refractivity (Wildman–Crippen MR) is 101 cm³/mol. The summed E-state index contributed by atoms with van der Waals surface area (Å²) >= 11 is 0. The van der Waals surface area contributed by atoms with Crippen molar-refractivity contribution in [3.63, 3.8) is 0 Å². The van der Waals surface area contributed by atoms with Gasteiger partial charge in [0.15, 0.2) is 11.5 Å². The van der Waals surface area contributed by atoms with E-state index in [2.05, 4.69) is 5.32 Å². The predicted octanol–water partition coefficient (Wildman–Crippen LogP) is 0.237. The van der Waals surface area contributed by atoms with Crippen LogP contribution in [0.4, 0.5) is 5.69 Å². The molecule has 3 heterocycles. The Hall–Kier alpha value is -2.89. The van der Waals surface area contributed by atoms with Crippen molar-refractivity contribution in [1.82, 2.24) is 8.87 Å². The topological polar surface area (TPSA) is 116 Å². The molecular formula is C18H19N3O7S. The molecule has 0 bridgehead atoms. The lowest BCUT2D eigenvalue weighted by Gasteiger charge is -2.26. The highest BCUT2D eigenvalue weighted by Gasteiger charge is 2.27. The number of sulfonamides is 1. The van der Waals surface area contributed by atoms with Crippen LogP contribution in [0.1, 0.15) is 0 Å². The minimum absolute atomic E-state index is 0.0464. The first-order chi connectivity index (χ1) is 13.9. The Bertz CT molecular complexity index is 1090. The second-order valence-electron chi connectivity index (χ2n) is 6.46. The van der Waals surface area contributed by atoms with Crippen LogP contribution >= 0.6 is 0 Å². The Morgan fingerprint density at radius 2 is 1.83 bits per heavy atom. The zero-order valence-electron chi connectivity index (χ0n) is 15.4. The van der Waals surface area contributed by atoms with Crippen LogP contribution in [0, 0.1) is 0 Å². The third-order valence-corrected chi connectivity index (χ3v) is 6.42. The molecule has 0 saturated carbocycles. The Morgan fingerprint density at radius 1 is 1.07 bits per heavy atom. The highest BCUT2D eigenvalue weighted by atomic mass is 32.2. The molecule has 1 saturated heterocycles. The van der Waals surface area contributed by atoms with Gasteiger partial charge in [-0.3, -0.25) is 9.59 Å². The van der Waals surface area contributed by atoms with Gasteiger partial charge in [0.1, 0.15) is 6.54 Å². The number of carbonyl (C=O) groups excluding carboxylic acids is 1. The monoisotopic (exact) mass is 421 g/mol. The number of nitrogens with zero attached hydrogens (tertiary/aromatic N) is 2. The molecule has 154 valence electrons. The van der Waals surface area contributed by atoms with E-state index in [-0.39, 0.29) is 31.3 Å². The number of aromatic nitrogens is 1. The van der Waals surface area contributed by atoms with Crippen LogP contribution in [0.25, 0.3) is 0 Å². The molecule has 0 spiro atoms. The Labute approximate surface area is 166 Å². The number of anilines is 1. The first-order valence-corrected chi connectivity index (χ1v) is 10.4. The van der Waals surface area contributed by atoms with Gasteiger partial charge < -0.3 is 24.1 Å². The summed E-state index contributed by atoms with van der Waals surface area (Å²) in [7, 11) is -3.77. The van der Waals surface area contributed by atoms with Crippen LogP contribution in [-0.4, -0.2) is 56.3 Å². The minimum Gasteiger partial charge on any atom is -0.454 e. The smallest absolute Gasteiger partial charge is 0.251 e. The third-order valence-electron chi connectivity index (χ3n) is 4.53. The summed E-state index contributed by atoms with van der Waals surface area (Å²) in [6, 6.07) is 7.32. The van der Waals surface area contributed by atoms with E-state index in [9.17, 15) is 18.0 Å². The molecule has 0 unspecified atom stereocenters. The molecule has 1 aromatic heterocycles. The van der Waals surface area contributed by atoms with Crippen LogP contribution in [0.15, 0.2) is 46.2 Å². The fourth-order valence-electron chi connectivity index (χ4n) is 3.05. The lowest BCUT2D eigenvalue weighted by Crippen LogP contribution is -2.41. The molecule has 2 aromatic rings. The molecule has 1 aromatic carbocycles. The number of hydrogen-bond acceptors (Lipinski definition) is 7. The summed E-state index contributed by atoms with van der Waals surface area (Å²) in [5.74, 6) is 0.616. The highest BCUT2D eigenvalue weighted by molar-refractivity contribution is 7.89. The van der Waals surface area contributed by atoms with E-state index >= 15 is 0 Å². The van der Waals surface area contributed by atoms with Gasteiger partial charge in [0, 0.05) is 37.1 Å². The second-order valence-corrected chi connectivity index (χ2v) is 8.40. The number of fused-ring (bicyclic) bond motifs is 1. The maximum atomic E-state index is 12.8. The SMILES string of the molecule is O=C(Cn1cc(S(=O)(=O)N2CCOCC2)ccc1=O)Nc1ccc2c(c1)OCO2. The maximum Gasteiger partial charge on any atom is 0.251 e. The van der Waals surface area contributed by atoms with Gasteiger partial charge in [0.2, 0.25) is 22.7 Å². The number of pyridine rings is 1. The van der Waals surface area contributed by atoms with Crippen LogP contribution in [0.2, 0.25) is 0 Å². The van der Waals surface area contributed by atoms with E-state index in [4.69, 9.17) is 14.2 Å². The quantitative estimate of drug-likeness (QED) is 0.735. The first-order valence-electron chi connectivity index (χ1n) is 8.91. The maximum absolute atomic E-state index is 12.8. The summed E-state index contributed by atoms with van der Waals surface area (Å²) in [5.41, 5.74) is -0.00356. The normalized spacial score (nSPS) is 16.6. The van der Waals surface area contributed by atoms with Gasteiger partial charge in [-0.15, -0.1) is 0 Å². The first kappa shape index (κ1) is 19.4. The lowest BCUT2D eigenvalue weighted by molar-refractivity contribution is -0.116. The highest BCUT2D eigenvalue weighted by Crippen LogP contribution is 2.34. The van der Waals surface area contributed by atoms with Gasteiger partial charge >= 0.3 is 0 Å². The van der Waals surface area contributed by atoms with Crippen molar-refractivity contribution in [1.29, 1.82) is 0 Å². The van der Waals surface area contributed by atoms with Crippen molar-refractivity contribution in [3.05, 3.63) is 46.9 Å². The van der Waals surface area contributed by atoms with Gasteiger partial charge in [-0.2, -0.15) is 4.31 Å². The molecule has 0 radical (unpaired) electrons.